The molecule has 1 aliphatic rings. The van der Waals surface area contributed by atoms with Crippen LogP contribution in [0.15, 0.2) is 36.9 Å². The molecule has 0 aliphatic heterocycles. The minimum Gasteiger partial charge on any atom is -0.379 e. The van der Waals surface area contributed by atoms with Crippen molar-refractivity contribution in [2.24, 2.45) is 0 Å². The fourth-order valence-corrected chi connectivity index (χ4v) is 3.30. The van der Waals surface area contributed by atoms with Gasteiger partial charge < -0.3 is 14.6 Å². The van der Waals surface area contributed by atoms with Crippen LogP contribution >= 0.6 is 11.6 Å². The quantitative estimate of drug-likeness (QED) is 0.931. The van der Waals surface area contributed by atoms with Gasteiger partial charge in [-0.15, -0.1) is 0 Å². The highest BCUT2D eigenvalue weighted by atomic mass is 35.5. The Morgan fingerprint density at radius 2 is 2.19 bits per heavy atom. The third-order valence-corrected chi connectivity index (χ3v) is 4.40. The van der Waals surface area contributed by atoms with Crippen molar-refractivity contribution in [1.82, 2.24) is 9.55 Å². The molecule has 1 fully saturated rings. The van der Waals surface area contributed by atoms with Gasteiger partial charge in [0, 0.05) is 19.5 Å². The molecule has 2 atom stereocenters. The van der Waals surface area contributed by atoms with E-state index in [1.165, 1.54) is 12.8 Å². The van der Waals surface area contributed by atoms with Crippen molar-refractivity contribution in [2.75, 3.05) is 12.4 Å². The molecule has 1 N–H and O–H groups in total. The number of nitrogens with one attached hydrogen (secondary N) is 1. The zero-order valence-electron chi connectivity index (χ0n) is 12.1. The number of imidazole rings is 1. The summed E-state index contributed by atoms with van der Waals surface area (Å²) in [6.07, 6.45) is 10.4. The minimum absolute atomic E-state index is 0.258. The molecule has 0 bridgehead atoms. The van der Waals surface area contributed by atoms with Crippen LogP contribution in [0.5, 0.6) is 0 Å². The summed E-state index contributed by atoms with van der Waals surface area (Å²) in [5.41, 5.74) is 1.96. The van der Waals surface area contributed by atoms with E-state index in [9.17, 15) is 0 Å². The fourth-order valence-electron chi connectivity index (χ4n) is 3.03. The van der Waals surface area contributed by atoms with E-state index in [1.807, 2.05) is 22.9 Å². The van der Waals surface area contributed by atoms with Crippen LogP contribution in [-0.2, 0) is 4.74 Å². The molecule has 4 nitrogen and oxygen atoms in total. The Labute approximate surface area is 130 Å². The van der Waals surface area contributed by atoms with E-state index in [-0.39, 0.29) is 6.10 Å². The van der Waals surface area contributed by atoms with Gasteiger partial charge in [0.1, 0.15) is 0 Å². The zero-order valence-corrected chi connectivity index (χ0v) is 12.9. The number of anilines is 1. The van der Waals surface area contributed by atoms with Gasteiger partial charge in [0.2, 0.25) is 0 Å². The molecule has 1 saturated carbocycles. The maximum atomic E-state index is 6.39. The normalized spacial score (nSPS) is 22.2. The molecule has 0 saturated heterocycles. The van der Waals surface area contributed by atoms with Crippen LogP contribution in [0.4, 0.5) is 5.69 Å². The molecular formula is C16H20ClN3O. The van der Waals surface area contributed by atoms with Gasteiger partial charge in [0.25, 0.3) is 0 Å². The van der Waals surface area contributed by atoms with Crippen LogP contribution in [-0.4, -0.2) is 28.8 Å². The van der Waals surface area contributed by atoms with Crippen LogP contribution in [0.2, 0.25) is 5.02 Å². The van der Waals surface area contributed by atoms with Crippen molar-refractivity contribution in [2.45, 2.75) is 37.8 Å². The predicted octanol–water partition coefficient (Wildman–Crippen LogP) is 3.90. The molecule has 1 heterocycles. The van der Waals surface area contributed by atoms with E-state index < -0.39 is 0 Å². The molecule has 1 aliphatic carbocycles. The molecule has 0 spiro atoms. The van der Waals surface area contributed by atoms with Crippen LogP contribution in [0.1, 0.15) is 25.7 Å². The zero-order chi connectivity index (χ0) is 14.7. The summed E-state index contributed by atoms with van der Waals surface area (Å²) >= 11 is 6.39. The SMILES string of the molecule is COC1CCCCC1Nc1cccc(Cl)c1-n1ccnc1. The van der Waals surface area contributed by atoms with E-state index >= 15 is 0 Å². The number of rotatable bonds is 4. The third kappa shape index (κ3) is 3.06. The number of halogens is 1. The van der Waals surface area contributed by atoms with E-state index in [2.05, 4.69) is 16.4 Å². The summed E-state index contributed by atoms with van der Waals surface area (Å²) in [5.74, 6) is 0. The van der Waals surface area contributed by atoms with Gasteiger partial charge >= 0.3 is 0 Å². The molecule has 2 unspecified atom stereocenters. The Kier molecular flexibility index (Phi) is 4.46. The fraction of sp³-hybridized carbons (Fsp3) is 0.438. The van der Waals surface area contributed by atoms with Crippen molar-refractivity contribution in [3.05, 3.63) is 41.9 Å². The number of hydrogen-bond donors (Lipinski definition) is 1. The van der Waals surface area contributed by atoms with E-state index in [0.29, 0.717) is 11.1 Å². The molecule has 3 rings (SSSR count). The van der Waals surface area contributed by atoms with Crippen LogP contribution in [0, 0.1) is 0 Å². The van der Waals surface area contributed by atoms with E-state index in [4.69, 9.17) is 16.3 Å². The summed E-state index contributed by atoms with van der Waals surface area (Å²) in [6, 6.07) is 6.25. The second-order valence-electron chi connectivity index (χ2n) is 5.42. The molecule has 1 aromatic heterocycles. The second kappa shape index (κ2) is 6.50. The summed E-state index contributed by atoms with van der Waals surface area (Å²) in [6.45, 7) is 0. The highest BCUT2D eigenvalue weighted by Crippen LogP contribution is 2.31. The average molecular weight is 306 g/mol. The number of hydrogen-bond acceptors (Lipinski definition) is 3. The molecular weight excluding hydrogens is 286 g/mol. The van der Waals surface area contributed by atoms with Crippen molar-refractivity contribution in [1.29, 1.82) is 0 Å². The van der Waals surface area contributed by atoms with E-state index in [0.717, 1.165) is 24.2 Å². The molecule has 112 valence electrons. The van der Waals surface area contributed by atoms with Crippen molar-refractivity contribution in [3.8, 4) is 5.69 Å². The number of nitrogens with zero attached hydrogens (tertiary/aromatic N) is 2. The topological polar surface area (TPSA) is 39.1 Å². The first-order valence-corrected chi connectivity index (χ1v) is 7.73. The van der Waals surface area contributed by atoms with Gasteiger partial charge in [0.05, 0.1) is 34.9 Å². The van der Waals surface area contributed by atoms with Crippen molar-refractivity contribution >= 4 is 17.3 Å². The largest absolute Gasteiger partial charge is 0.379 e. The van der Waals surface area contributed by atoms with Gasteiger partial charge in [-0.05, 0) is 25.0 Å². The van der Waals surface area contributed by atoms with Gasteiger partial charge in [-0.2, -0.15) is 0 Å². The second-order valence-corrected chi connectivity index (χ2v) is 5.82. The van der Waals surface area contributed by atoms with Crippen LogP contribution < -0.4 is 5.32 Å². The minimum atomic E-state index is 0.258. The molecule has 5 heteroatoms. The van der Waals surface area contributed by atoms with Gasteiger partial charge in [-0.1, -0.05) is 30.5 Å². The van der Waals surface area contributed by atoms with Gasteiger partial charge in [-0.25, -0.2) is 4.98 Å². The molecule has 0 amide bonds. The summed E-state index contributed by atoms with van der Waals surface area (Å²) < 4.78 is 7.56. The number of para-hydroxylation sites is 1. The number of aromatic nitrogens is 2. The van der Waals surface area contributed by atoms with Gasteiger partial charge in [0.15, 0.2) is 0 Å². The standard InChI is InChI=1S/C16H20ClN3O/c1-21-15-8-3-2-6-13(15)19-14-7-4-5-12(17)16(14)20-10-9-18-11-20/h4-5,7,9-11,13,15,19H,2-3,6,8H2,1H3. The predicted molar refractivity (Wildman–Crippen MR) is 85.2 cm³/mol. The first kappa shape index (κ1) is 14.4. The maximum absolute atomic E-state index is 6.39. The molecule has 21 heavy (non-hydrogen) atoms. The smallest absolute Gasteiger partial charge is 0.0992 e. The molecule has 2 aromatic rings. The lowest BCUT2D eigenvalue weighted by molar-refractivity contribution is 0.0606. The Hall–Kier alpha value is -1.52. The molecule has 1 aromatic carbocycles. The Morgan fingerprint density at radius 3 is 2.95 bits per heavy atom. The highest BCUT2D eigenvalue weighted by molar-refractivity contribution is 6.33. The first-order chi connectivity index (χ1) is 10.3. The van der Waals surface area contributed by atoms with Crippen molar-refractivity contribution in [3.63, 3.8) is 0 Å². The van der Waals surface area contributed by atoms with Crippen LogP contribution in [0.3, 0.4) is 0 Å². The molecule has 0 radical (unpaired) electrons. The first-order valence-electron chi connectivity index (χ1n) is 7.36. The number of methoxy groups -OCH3 is 1. The summed E-state index contributed by atoms with van der Waals surface area (Å²) in [4.78, 5) is 4.11. The number of benzene rings is 1. The third-order valence-electron chi connectivity index (χ3n) is 4.10. The monoisotopic (exact) mass is 305 g/mol. The Balaban J connectivity index is 1.90. The van der Waals surface area contributed by atoms with Gasteiger partial charge in [-0.3, -0.25) is 0 Å². The lowest BCUT2D eigenvalue weighted by Gasteiger charge is -2.32. The average Bonchev–Trinajstić information content (AvgIpc) is 3.02. The lowest BCUT2D eigenvalue weighted by atomic mass is 9.92. The number of ether oxygens (including phenoxy) is 1. The van der Waals surface area contributed by atoms with Crippen LogP contribution in [0.25, 0.3) is 5.69 Å². The Morgan fingerprint density at radius 1 is 1.33 bits per heavy atom. The van der Waals surface area contributed by atoms with Crippen molar-refractivity contribution < 1.29 is 4.74 Å². The maximum Gasteiger partial charge on any atom is 0.0992 e. The van der Waals surface area contributed by atoms with E-state index in [1.54, 1.807) is 19.6 Å². The Bertz CT molecular complexity index is 585. The lowest BCUT2D eigenvalue weighted by Crippen LogP contribution is -2.38. The highest BCUT2D eigenvalue weighted by Gasteiger charge is 2.25. The summed E-state index contributed by atoms with van der Waals surface area (Å²) in [7, 11) is 1.79. The summed E-state index contributed by atoms with van der Waals surface area (Å²) in [5, 5.41) is 4.33.